The third-order valence-electron chi connectivity index (χ3n) is 3.22. The van der Waals surface area contributed by atoms with Crippen molar-refractivity contribution in [2.75, 3.05) is 16.8 Å². The van der Waals surface area contributed by atoms with Crippen LogP contribution in [0.3, 0.4) is 0 Å². The third kappa shape index (κ3) is 2.84. The Morgan fingerprint density at radius 2 is 1.95 bits per heavy atom. The Kier molecular flexibility index (Phi) is 4.15. The topological polar surface area (TPSA) is 88.3 Å². The molecule has 3 N–H and O–H groups in total. The van der Waals surface area contributed by atoms with Crippen molar-refractivity contribution in [1.29, 1.82) is 0 Å². The molecule has 1 heterocycles. The number of benzene rings is 1. The van der Waals surface area contributed by atoms with E-state index in [1.54, 1.807) is 18.2 Å². The van der Waals surface area contributed by atoms with Crippen LogP contribution in [0, 0.1) is 13.8 Å². The zero-order chi connectivity index (χ0) is 15.6. The first-order valence-corrected chi connectivity index (χ1v) is 7.79. The largest absolute Gasteiger partial charge is 0.321 e. The summed E-state index contributed by atoms with van der Waals surface area (Å²) in [5.41, 5.74) is 5.18. The lowest BCUT2D eigenvalue weighted by atomic mass is 10.1. The van der Waals surface area contributed by atoms with Crippen molar-refractivity contribution in [3.63, 3.8) is 0 Å². The molecule has 0 aliphatic rings. The fraction of sp³-hybridized carbons (Fsp3) is 0.214. The van der Waals surface area contributed by atoms with Crippen molar-refractivity contribution in [3.8, 4) is 0 Å². The molecule has 21 heavy (non-hydrogen) atoms. The predicted octanol–water partition coefficient (Wildman–Crippen LogP) is 1.81. The second-order valence-electron chi connectivity index (χ2n) is 4.76. The lowest BCUT2D eigenvalue weighted by Gasteiger charge is -2.22. The zero-order valence-corrected chi connectivity index (χ0v) is 13.0. The first-order valence-electron chi connectivity index (χ1n) is 6.35. The molecular formula is C14H18N4O2S. The molecule has 0 spiro atoms. The number of hydrazine groups is 1. The SMILES string of the molecule is Cc1ccc(N(C)S(=O)(=O)c2ncccc2NN)c(C)c1. The fourth-order valence-electron chi connectivity index (χ4n) is 2.12. The number of nitrogen functional groups attached to an aromatic ring is 1. The van der Waals surface area contributed by atoms with Gasteiger partial charge in [-0.15, -0.1) is 0 Å². The number of aryl methyl sites for hydroxylation is 2. The minimum Gasteiger partial charge on any atom is -0.321 e. The predicted molar refractivity (Wildman–Crippen MR) is 83.6 cm³/mol. The van der Waals surface area contributed by atoms with E-state index < -0.39 is 10.0 Å². The van der Waals surface area contributed by atoms with E-state index in [1.807, 2.05) is 26.0 Å². The molecule has 0 amide bonds. The van der Waals surface area contributed by atoms with E-state index in [0.29, 0.717) is 5.69 Å². The molecule has 2 aromatic rings. The van der Waals surface area contributed by atoms with Gasteiger partial charge in [-0.1, -0.05) is 17.7 Å². The summed E-state index contributed by atoms with van der Waals surface area (Å²) in [6, 6.07) is 8.76. The lowest BCUT2D eigenvalue weighted by molar-refractivity contribution is 0.591. The molecule has 0 atom stereocenters. The van der Waals surface area contributed by atoms with E-state index in [2.05, 4.69) is 10.4 Å². The molecule has 1 aromatic carbocycles. The van der Waals surface area contributed by atoms with E-state index in [9.17, 15) is 8.42 Å². The molecule has 0 aliphatic carbocycles. The maximum absolute atomic E-state index is 12.7. The highest BCUT2D eigenvalue weighted by atomic mass is 32.2. The molecule has 112 valence electrons. The van der Waals surface area contributed by atoms with Gasteiger partial charge in [0.15, 0.2) is 0 Å². The van der Waals surface area contributed by atoms with Crippen molar-refractivity contribution in [1.82, 2.24) is 4.98 Å². The molecule has 0 bridgehead atoms. The highest BCUT2D eigenvalue weighted by Gasteiger charge is 2.26. The highest BCUT2D eigenvalue weighted by molar-refractivity contribution is 7.92. The van der Waals surface area contributed by atoms with Gasteiger partial charge < -0.3 is 5.43 Å². The van der Waals surface area contributed by atoms with Crippen molar-refractivity contribution in [2.45, 2.75) is 18.9 Å². The van der Waals surface area contributed by atoms with Gasteiger partial charge in [-0.05, 0) is 37.6 Å². The van der Waals surface area contributed by atoms with E-state index in [-0.39, 0.29) is 10.7 Å². The average Bonchev–Trinajstić information content (AvgIpc) is 2.46. The number of hydrogen-bond donors (Lipinski definition) is 2. The van der Waals surface area contributed by atoms with Gasteiger partial charge in [0.1, 0.15) is 0 Å². The molecule has 0 fully saturated rings. The van der Waals surface area contributed by atoms with Crippen molar-refractivity contribution < 1.29 is 8.42 Å². The number of rotatable bonds is 4. The van der Waals surface area contributed by atoms with Gasteiger partial charge in [-0.2, -0.15) is 8.42 Å². The van der Waals surface area contributed by atoms with Crippen LogP contribution in [0.15, 0.2) is 41.6 Å². The average molecular weight is 306 g/mol. The van der Waals surface area contributed by atoms with Crippen LogP contribution in [0.25, 0.3) is 0 Å². The van der Waals surface area contributed by atoms with Gasteiger partial charge in [-0.3, -0.25) is 10.1 Å². The van der Waals surface area contributed by atoms with Gasteiger partial charge in [-0.25, -0.2) is 4.98 Å². The van der Waals surface area contributed by atoms with Gasteiger partial charge >= 0.3 is 0 Å². The second-order valence-corrected chi connectivity index (χ2v) is 6.65. The van der Waals surface area contributed by atoms with Gasteiger partial charge in [0.05, 0.1) is 11.4 Å². The Morgan fingerprint density at radius 3 is 2.57 bits per heavy atom. The fourth-order valence-corrected chi connectivity index (χ4v) is 3.45. The molecule has 1 aromatic heterocycles. The summed E-state index contributed by atoms with van der Waals surface area (Å²) in [6.45, 7) is 3.83. The van der Waals surface area contributed by atoms with Crippen LogP contribution in [-0.4, -0.2) is 20.4 Å². The molecule has 7 heteroatoms. The number of pyridine rings is 1. The highest BCUT2D eigenvalue weighted by Crippen LogP contribution is 2.27. The Labute approximate surface area is 124 Å². The summed E-state index contributed by atoms with van der Waals surface area (Å²) in [5.74, 6) is 5.36. The molecule has 0 aliphatic heterocycles. The van der Waals surface area contributed by atoms with E-state index in [4.69, 9.17) is 5.84 Å². The van der Waals surface area contributed by atoms with Crippen molar-refractivity contribution in [2.24, 2.45) is 5.84 Å². The van der Waals surface area contributed by atoms with Crippen LogP contribution < -0.4 is 15.6 Å². The van der Waals surface area contributed by atoms with Gasteiger partial charge in [0, 0.05) is 13.2 Å². The van der Waals surface area contributed by atoms with Crippen LogP contribution in [0.1, 0.15) is 11.1 Å². The van der Waals surface area contributed by atoms with Crippen molar-refractivity contribution in [3.05, 3.63) is 47.7 Å². The monoisotopic (exact) mass is 306 g/mol. The summed E-state index contributed by atoms with van der Waals surface area (Å²) < 4.78 is 26.6. The molecule has 0 unspecified atom stereocenters. The first-order chi connectivity index (χ1) is 9.87. The summed E-state index contributed by atoms with van der Waals surface area (Å²) in [4.78, 5) is 3.94. The lowest BCUT2D eigenvalue weighted by Crippen LogP contribution is -2.29. The number of nitrogens with one attached hydrogen (secondary N) is 1. The minimum absolute atomic E-state index is 0.102. The Balaban J connectivity index is 2.53. The zero-order valence-electron chi connectivity index (χ0n) is 12.2. The number of hydrogen-bond acceptors (Lipinski definition) is 5. The third-order valence-corrected chi connectivity index (χ3v) is 4.95. The standard InChI is InChI=1S/C14H18N4O2S/c1-10-6-7-13(11(2)9-10)18(3)21(19,20)14-12(17-15)5-4-8-16-14/h4-9,17H,15H2,1-3H3. The molecule has 0 saturated carbocycles. The summed E-state index contributed by atoms with van der Waals surface area (Å²) in [7, 11) is -2.29. The van der Waals surface area contributed by atoms with E-state index in [0.717, 1.165) is 11.1 Å². The second kappa shape index (κ2) is 5.71. The molecular weight excluding hydrogens is 288 g/mol. The smallest absolute Gasteiger partial charge is 0.283 e. The molecule has 6 nitrogen and oxygen atoms in total. The maximum atomic E-state index is 12.7. The quantitative estimate of drug-likeness (QED) is 0.664. The summed E-state index contributed by atoms with van der Waals surface area (Å²) in [5, 5.41) is -0.102. The summed E-state index contributed by atoms with van der Waals surface area (Å²) in [6.07, 6.45) is 1.42. The Bertz CT molecular complexity index is 759. The van der Waals surface area contributed by atoms with Crippen LogP contribution >= 0.6 is 0 Å². The normalized spacial score (nSPS) is 11.2. The Hall–Kier alpha value is -2.12. The number of anilines is 2. The summed E-state index contributed by atoms with van der Waals surface area (Å²) >= 11 is 0. The first kappa shape index (κ1) is 15.3. The van der Waals surface area contributed by atoms with Gasteiger partial charge in [0.2, 0.25) is 5.03 Å². The number of nitrogens with zero attached hydrogens (tertiary/aromatic N) is 2. The Morgan fingerprint density at radius 1 is 1.24 bits per heavy atom. The molecule has 0 saturated heterocycles. The van der Waals surface area contributed by atoms with E-state index >= 15 is 0 Å². The van der Waals surface area contributed by atoms with Crippen LogP contribution in [-0.2, 0) is 10.0 Å². The maximum Gasteiger partial charge on any atom is 0.283 e. The number of aromatic nitrogens is 1. The molecule has 0 radical (unpaired) electrons. The number of sulfonamides is 1. The number of nitrogens with two attached hydrogens (primary N) is 1. The van der Waals surface area contributed by atoms with Crippen LogP contribution in [0.5, 0.6) is 0 Å². The van der Waals surface area contributed by atoms with Crippen LogP contribution in [0.4, 0.5) is 11.4 Å². The minimum atomic E-state index is -3.79. The van der Waals surface area contributed by atoms with Crippen molar-refractivity contribution >= 4 is 21.4 Å². The van der Waals surface area contributed by atoms with E-state index in [1.165, 1.54) is 17.5 Å². The van der Waals surface area contributed by atoms with Gasteiger partial charge in [0.25, 0.3) is 10.0 Å². The molecule has 2 rings (SSSR count). The van der Waals surface area contributed by atoms with Crippen LogP contribution in [0.2, 0.25) is 0 Å².